The van der Waals surface area contributed by atoms with Gasteiger partial charge in [-0.25, -0.2) is 4.79 Å². The Kier molecular flexibility index (Phi) is 6.27. The van der Waals surface area contributed by atoms with E-state index in [2.05, 4.69) is 15.5 Å². The van der Waals surface area contributed by atoms with Crippen LogP contribution in [0.4, 0.5) is 11.4 Å². The van der Waals surface area contributed by atoms with Gasteiger partial charge in [-0.1, -0.05) is 18.2 Å². The molecule has 0 spiro atoms. The fourth-order valence-corrected chi connectivity index (χ4v) is 8.23. The number of benzene rings is 1. The van der Waals surface area contributed by atoms with Crippen LogP contribution in [0.1, 0.15) is 72.3 Å². The van der Waals surface area contributed by atoms with E-state index in [-0.39, 0.29) is 22.5 Å². The summed E-state index contributed by atoms with van der Waals surface area (Å²) in [5.41, 5.74) is 3.11. The van der Waals surface area contributed by atoms with Crippen LogP contribution < -0.4 is 5.32 Å². The third-order valence-corrected chi connectivity index (χ3v) is 9.34. The standard InChI is InChI=1S/C29H34N6O5/c1-18-26(19(2)33(32-18)15-22-6-4-5-7-24(22)27(37)40-3)31-25(36)13-28-9-20-8-21(10-28)12-29(11-20,17-28)34-16-23(14-30-34)35(38)39/h4-7,14,16,20-21H,8-13,15,17H2,1-3H3,(H,31,36). The highest BCUT2D eigenvalue weighted by Crippen LogP contribution is 2.65. The summed E-state index contributed by atoms with van der Waals surface area (Å²) in [6.45, 7) is 4.16. The van der Waals surface area contributed by atoms with Crippen molar-refractivity contribution >= 4 is 23.3 Å². The summed E-state index contributed by atoms with van der Waals surface area (Å²) in [4.78, 5) is 36.7. The molecule has 2 unspecified atom stereocenters. The van der Waals surface area contributed by atoms with Crippen LogP contribution in [0.5, 0.6) is 0 Å². The SMILES string of the molecule is COC(=O)c1ccccc1Cn1nc(C)c(NC(=O)CC23CC4CC(C2)CC(n2cc([N+](=O)[O-])cn2)(C4)C3)c1C. The number of rotatable bonds is 8. The third kappa shape index (κ3) is 4.47. The minimum atomic E-state index is -0.399. The molecule has 2 heterocycles. The number of anilines is 1. The highest BCUT2D eigenvalue weighted by atomic mass is 16.6. The topological polar surface area (TPSA) is 134 Å². The fourth-order valence-electron chi connectivity index (χ4n) is 8.23. The average Bonchev–Trinajstić information content (AvgIpc) is 3.50. The highest BCUT2D eigenvalue weighted by Gasteiger charge is 2.59. The Labute approximate surface area is 232 Å². The molecule has 4 aliphatic carbocycles. The number of amides is 1. The first kappa shape index (κ1) is 26.2. The van der Waals surface area contributed by atoms with Crippen LogP contribution >= 0.6 is 0 Å². The lowest BCUT2D eigenvalue weighted by Crippen LogP contribution is -2.57. The summed E-state index contributed by atoms with van der Waals surface area (Å²) in [6, 6.07) is 7.27. The number of hydrogen-bond donors (Lipinski definition) is 1. The van der Waals surface area contributed by atoms with E-state index in [9.17, 15) is 19.7 Å². The van der Waals surface area contributed by atoms with Gasteiger partial charge in [0.1, 0.15) is 12.4 Å². The van der Waals surface area contributed by atoms with E-state index in [1.54, 1.807) is 23.0 Å². The van der Waals surface area contributed by atoms with E-state index in [1.807, 2.05) is 30.7 Å². The lowest BCUT2D eigenvalue weighted by Gasteiger charge is -2.61. The molecule has 4 aliphatic rings. The van der Waals surface area contributed by atoms with Crippen LogP contribution in [0, 0.1) is 41.2 Å². The van der Waals surface area contributed by atoms with E-state index in [1.165, 1.54) is 13.3 Å². The largest absolute Gasteiger partial charge is 0.465 e. The van der Waals surface area contributed by atoms with E-state index in [0.29, 0.717) is 41.7 Å². The summed E-state index contributed by atoms with van der Waals surface area (Å²) in [7, 11) is 1.36. The van der Waals surface area contributed by atoms with Crippen LogP contribution in [-0.2, 0) is 21.6 Å². The first-order valence-corrected chi connectivity index (χ1v) is 13.8. The summed E-state index contributed by atoms with van der Waals surface area (Å²) in [5.74, 6) is 0.560. The lowest BCUT2D eigenvalue weighted by molar-refractivity contribution is -0.385. The minimum Gasteiger partial charge on any atom is -0.465 e. The Morgan fingerprint density at radius 2 is 1.90 bits per heavy atom. The van der Waals surface area contributed by atoms with Crippen LogP contribution in [0.3, 0.4) is 0 Å². The van der Waals surface area contributed by atoms with Gasteiger partial charge in [0.2, 0.25) is 5.91 Å². The first-order chi connectivity index (χ1) is 19.1. The second kappa shape index (κ2) is 9.57. The number of hydrogen-bond acceptors (Lipinski definition) is 7. The van der Waals surface area contributed by atoms with Crippen molar-refractivity contribution in [3.05, 3.63) is 69.3 Å². The maximum atomic E-state index is 13.6. The molecule has 210 valence electrons. The van der Waals surface area contributed by atoms with Crippen molar-refractivity contribution in [1.82, 2.24) is 19.6 Å². The monoisotopic (exact) mass is 546 g/mol. The summed E-state index contributed by atoms with van der Waals surface area (Å²) in [5, 5.41) is 23.6. The van der Waals surface area contributed by atoms with E-state index >= 15 is 0 Å². The molecule has 2 aromatic heterocycles. The second-order valence-corrected chi connectivity index (χ2v) is 12.2. The predicted octanol–water partition coefficient (Wildman–Crippen LogP) is 4.76. The molecule has 4 fully saturated rings. The van der Waals surface area contributed by atoms with Crippen molar-refractivity contribution < 1.29 is 19.2 Å². The van der Waals surface area contributed by atoms with E-state index < -0.39 is 10.9 Å². The van der Waals surface area contributed by atoms with Crippen LogP contribution in [0.2, 0.25) is 0 Å². The molecule has 11 nitrogen and oxygen atoms in total. The maximum absolute atomic E-state index is 13.6. The van der Waals surface area contributed by atoms with Gasteiger partial charge in [0, 0.05) is 6.42 Å². The van der Waals surface area contributed by atoms with Crippen LogP contribution in [0.15, 0.2) is 36.7 Å². The number of esters is 1. The van der Waals surface area contributed by atoms with Gasteiger partial charge in [-0.2, -0.15) is 10.2 Å². The summed E-state index contributed by atoms with van der Waals surface area (Å²) < 4.78 is 8.56. The van der Waals surface area contributed by atoms with Gasteiger partial charge < -0.3 is 10.1 Å². The zero-order valence-electron chi connectivity index (χ0n) is 23.1. The molecule has 3 aromatic rings. The van der Waals surface area contributed by atoms with Crippen LogP contribution in [-0.4, -0.2) is 43.5 Å². The van der Waals surface area contributed by atoms with E-state index in [0.717, 1.165) is 49.8 Å². The second-order valence-electron chi connectivity index (χ2n) is 12.2. The van der Waals surface area contributed by atoms with Gasteiger partial charge in [-0.05, 0) is 81.3 Å². The number of methoxy groups -OCH3 is 1. The number of ether oxygens (including phenoxy) is 1. The fraction of sp³-hybridized carbons (Fsp3) is 0.517. The number of nitrogens with one attached hydrogen (secondary N) is 1. The molecule has 4 bridgehead atoms. The smallest absolute Gasteiger partial charge is 0.338 e. The lowest BCUT2D eigenvalue weighted by atomic mass is 9.46. The van der Waals surface area contributed by atoms with Gasteiger partial charge in [0.05, 0.1) is 46.8 Å². The van der Waals surface area contributed by atoms with Crippen LogP contribution in [0.25, 0.3) is 0 Å². The zero-order chi connectivity index (χ0) is 28.2. The number of aromatic nitrogens is 4. The Morgan fingerprint density at radius 3 is 2.58 bits per heavy atom. The molecule has 7 rings (SSSR count). The molecule has 1 N–H and O–H groups in total. The number of aryl methyl sites for hydroxylation is 1. The van der Waals surface area contributed by atoms with Crippen molar-refractivity contribution in [1.29, 1.82) is 0 Å². The number of nitrogens with zero attached hydrogens (tertiary/aromatic N) is 5. The molecular formula is C29H34N6O5. The molecule has 0 aliphatic heterocycles. The molecule has 11 heteroatoms. The van der Waals surface area contributed by atoms with Crippen molar-refractivity contribution in [2.45, 2.75) is 70.9 Å². The molecule has 40 heavy (non-hydrogen) atoms. The van der Waals surface area contributed by atoms with Crippen molar-refractivity contribution in [3.63, 3.8) is 0 Å². The number of carbonyl (C=O) groups excluding carboxylic acids is 2. The number of carbonyl (C=O) groups is 2. The van der Waals surface area contributed by atoms with Gasteiger partial charge >= 0.3 is 11.7 Å². The predicted molar refractivity (Wildman–Crippen MR) is 146 cm³/mol. The Balaban J connectivity index is 1.20. The molecule has 1 amide bonds. The molecule has 1 aromatic carbocycles. The molecule has 4 saturated carbocycles. The maximum Gasteiger partial charge on any atom is 0.338 e. The molecule has 0 saturated heterocycles. The van der Waals surface area contributed by atoms with Gasteiger partial charge in [-0.15, -0.1) is 0 Å². The van der Waals surface area contributed by atoms with Gasteiger partial charge in [0.15, 0.2) is 0 Å². The van der Waals surface area contributed by atoms with Gasteiger partial charge in [-0.3, -0.25) is 24.3 Å². The van der Waals surface area contributed by atoms with Crippen molar-refractivity contribution in [2.24, 2.45) is 17.3 Å². The highest BCUT2D eigenvalue weighted by molar-refractivity contribution is 5.92. The number of nitro groups is 1. The van der Waals surface area contributed by atoms with Crippen molar-refractivity contribution in [3.8, 4) is 0 Å². The Hall–Kier alpha value is -4.02. The van der Waals surface area contributed by atoms with Gasteiger partial charge in [0.25, 0.3) is 0 Å². The Morgan fingerprint density at radius 1 is 1.18 bits per heavy atom. The molecule has 2 atom stereocenters. The summed E-state index contributed by atoms with van der Waals surface area (Å²) >= 11 is 0. The molecular weight excluding hydrogens is 512 g/mol. The quantitative estimate of drug-likeness (QED) is 0.244. The summed E-state index contributed by atoms with van der Waals surface area (Å²) in [6.07, 6.45) is 9.21. The van der Waals surface area contributed by atoms with Crippen molar-refractivity contribution in [2.75, 3.05) is 12.4 Å². The molecule has 0 radical (unpaired) electrons. The zero-order valence-corrected chi connectivity index (χ0v) is 23.1. The third-order valence-electron chi connectivity index (χ3n) is 9.34. The average molecular weight is 547 g/mol. The van der Waals surface area contributed by atoms with E-state index in [4.69, 9.17) is 4.74 Å². The minimum absolute atomic E-state index is 0.0136. The Bertz CT molecular complexity index is 1490. The first-order valence-electron chi connectivity index (χ1n) is 13.8. The normalized spacial score (nSPS) is 26.6.